The van der Waals surface area contributed by atoms with Gasteiger partial charge in [-0.1, -0.05) is 11.6 Å². The number of primary amides is 1. The van der Waals surface area contributed by atoms with Crippen molar-refractivity contribution in [2.75, 3.05) is 20.2 Å². The van der Waals surface area contributed by atoms with E-state index < -0.39 is 52.0 Å². The predicted molar refractivity (Wildman–Crippen MR) is 133 cm³/mol. The zero-order valence-electron chi connectivity index (χ0n) is 20.9. The van der Waals surface area contributed by atoms with Crippen molar-refractivity contribution in [2.24, 2.45) is 17.6 Å². The van der Waals surface area contributed by atoms with Gasteiger partial charge in [-0.15, -0.1) is 0 Å². The Bertz CT molecular complexity index is 1250. The second-order valence-corrected chi connectivity index (χ2v) is 10.7. The molecule has 0 spiro atoms. The van der Waals surface area contributed by atoms with E-state index in [1.54, 1.807) is 0 Å². The summed E-state index contributed by atoms with van der Waals surface area (Å²) < 4.78 is 5.58. The minimum atomic E-state index is -2.59. The number of carbonyl (C=O) groups excluding carboxylic acids is 3. The molecule has 0 aliphatic heterocycles. The van der Waals surface area contributed by atoms with Crippen molar-refractivity contribution in [3.63, 3.8) is 0 Å². The van der Waals surface area contributed by atoms with E-state index in [2.05, 4.69) is 0 Å². The number of Topliss-reactive ketones (excluding diaryl/α,β-unsaturated/α-hetero) is 2. The number of allylic oxidation sites excluding steroid dienone is 2. The molecular weight excluding hydrogens is 504 g/mol. The zero-order chi connectivity index (χ0) is 27.4. The summed E-state index contributed by atoms with van der Waals surface area (Å²) in [6, 6.07) is 1.40. The van der Waals surface area contributed by atoms with Crippen LogP contribution >= 0.6 is 11.6 Å². The number of aliphatic hydroxyl groups is 3. The maximum atomic E-state index is 13.5. The number of phenolic OH excluding ortho intramolecular Hbond substituents is 1. The van der Waals surface area contributed by atoms with Gasteiger partial charge in [-0.3, -0.25) is 19.3 Å². The van der Waals surface area contributed by atoms with Crippen LogP contribution in [-0.4, -0.2) is 74.7 Å². The topological polar surface area (TPSA) is 171 Å². The Morgan fingerprint density at radius 2 is 1.95 bits per heavy atom. The number of aliphatic hydroxyl groups excluding tert-OH is 2. The van der Waals surface area contributed by atoms with E-state index in [4.69, 9.17) is 22.1 Å². The smallest absolute Gasteiger partial charge is 0.255 e. The molecule has 0 fully saturated rings. The SMILES string of the molecule is CC(C)OCCN(C)Cc1cc(O)c2c(c1Cl)CC1C[C@H]3CC(O)=C(C(N)=O)C(=O)[C@@]3(O)C(O)=C1C2=O. The second-order valence-electron chi connectivity index (χ2n) is 10.3. The third-order valence-corrected chi connectivity index (χ3v) is 7.91. The molecule has 11 heteroatoms. The first-order chi connectivity index (χ1) is 17.3. The molecule has 0 heterocycles. The molecule has 37 heavy (non-hydrogen) atoms. The monoisotopic (exact) mass is 534 g/mol. The lowest BCUT2D eigenvalue weighted by atomic mass is 9.60. The van der Waals surface area contributed by atoms with Crippen LogP contribution in [0.1, 0.15) is 48.2 Å². The lowest BCUT2D eigenvalue weighted by Crippen LogP contribution is -2.57. The summed E-state index contributed by atoms with van der Waals surface area (Å²) in [7, 11) is 1.88. The van der Waals surface area contributed by atoms with Crippen molar-refractivity contribution in [3.05, 3.63) is 50.4 Å². The van der Waals surface area contributed by atoms with Gasteiger partial charge in [0.15, 0.2) is 11.4 Å². The first kappa shape index (κ1) is 27.1. The molecule has 6 N–H and O–H groups in total. The van der Waals surface area contributed by atoms with E-state index in [1.807, 2.05) is 25.8 Å². The molecule has 4 rings (SSSR count). The maximum absolute atomic E-state index is 13.5. The van der Waals surface area contributed by atoms with Crippen LogP contribution < -0.4 is 5.73 Å². The summed E-state index contributed by atoms with van der Waals surface area (Å²) in [6.45, 7) is 5.41. The van der Waals surface area contributed by atoms with E-state index in [1.165, 1.54) is 6.07 Å². The Morgan fingerprint density at radius 3 is 2.57 bits per heavy atom. The fourth-order valence-corrected chi connectivity index (χ4v) is 5.94. The van der Waals surface area contributed by atoms with Gasteiger partial charge in [0, 0.05) is 36.0 Å². The number of nitrogens with zero attached hydrogens (tertiary/aromatic N) is 1. The number of likely N-dealkylation sites (N-methyl/N-ethyl adjacent to an activating group) is 1. The lowest BCUT2D eigenvalue weighted by molar-refractivity contribution is -0.144. The summed E-state index contributed by atoms with van der Waals surface area (Å²) in [5.74, 6) is -6.65. The van der Waals surface area contributed by atoms with Crippen LogP contribution in [0.15, 0.2) is 28.7 Å². The largest absolute Gasteiger partial charge is 0.511 e. The van der Waals surface area contributed by atoms with Crippen LogP contribution in [0.25, 0.3) is 0 Å². The molecule has 0 aromatic heterocycles. The van der Waals surface area contributed by atoms with Gasteiger partial charge in [0.25, 0.3) is 5.91 Å². The van der Waals surface area contributed by atoms with Crippen molar-refractivity contribution >= 4 is 29.1 Å². The summed E-state index contributed by atoms with van der Waals surface area (Å²) in [4.78, 5) is 40.2. The van der Waals surface area contributed by atoms with Crippen LogP contribution in [0, 0.1) is 11.8 Å². The van der Waals surface area contributed by atoms with Crippen molar-refractivity contribution in [1.82, 2.24) is 4.90 Å². The van der Waals surface area contributed by atoms with Crippen molar-refractivity contribution in [2.45, 2.75) is 51.4 Å². The Hall–Kier alpha value is -2.92. The quantitative estimate of drug-likeness (QED) is 0.328. The minimum absolute atomic E-state index is 0.0523. The molecule has 0 saturated carbocycles. The van der Waals surface area contributed by atoms with Gasteiger partial charge >= 0.3 is 0 Å². The molecule has 0 bridgehead atoms. The number of amides is 1. The third kappa shape index (κ3) is 4.41. The fraction of sp³-hybridized carbons (Fsp3) is 0.500. The lowest BCUT2D eigenvalue weighted by Gasteiger charge is -2.45. The number of phenols is 1. The van der Waals surface area contributed by atoms with Gasteiger partial charge in [0.2, 0.25) is 5.78 Å². The number of aromatic hydroxyl groups is 1. The number of ether oxygens (including phenoxy) is 1. The summed E-state index contributed by atoms with van der Waals surface area (Å²) in [5, 5.41) is 43.7. The van der Waals surface area contributed by atoms with Crippen LogP contribution in [0.3, 0.4) is 0 Å². The highest BCUT2D eigenvalue weighted by Crippen LogP contribution is 2.52. The van der Waals surface area contributed by atoms with E-state index >= 15 is 0 Å². The Morgan fingerprint density at radius 1 is 1.27 bits per heavy atom. The van der Waals surface area contributed by atoms with Gasteiger partial charge in [-0.05, 0) is 56.8 Å². The molecule has 1 unspecified atom stereocenters. The van der Waals surface area contributed by atoms with Crippen LogP contribution in [0.5, 0.6) is 5.75 Å². The van der Waals surface area contributed by atoms with Crippen molar-refractivity contribution in [3.8, 4) is 5.75 Å². The average molecular weight is 535 g/mol. The summed E-state index contributed by atoms with van der Waals surface area (Å²) in [6.07, 6.45) is 0.0326. The van der Waals surface area contributed by atoms with Crippen molar-refractivity contribution < 1.29 is 39.5 Å². The second kappa shape index (κ2) is 9.75. The van der Waals surface area contributed by atoms with Crippen molar-refractivity contribution in [1.29, 1.82) is 0 Å². The summed E-state index contributed by atoms with van der Waals surface area (Å²) in [5.41, 5.74) is 2.54. The highest BCUT2D eigenvalue weighted by Gasteiger charge is 2.59. The molecular formula is C26H31ClN2O8. The standard InChI is InChI=1S/C26H31ClN2O8/c1-11(2)37-5-4-29(3)10-13-8-16(30)19-15(21(13)27)7-12-6-14-9-17(31)20(25(28)35)24(34)26(14,36)23(33)18(12)22(19)32/h8,11-12,14,30-31,33,36H,4-7,9-10H2,1-3H3,(H2,28,35)/t12?,14-,26-/m0/s1. The molecule has 3 aliphatic rings. The molecule has 10 nitrogen and oxygen atoms in total. The number of hydrogen-bond donors (Lipinski definition) is 5. The number of hydrogen-bond acceptors (Lipinski definition) is 9. The highest BCUT2D eigenvalue weighted by molar-refractivity contribution is 6.33. The van der Waals surface area contributed by atoms with E-state index in [-0.39, 0.29) is 42.3 Å². The van der Waals surface area contributed by atoms with Crippen LogP contribution in [0.2, 0.25) is 5.02 Å². The first-order valence-corrected chi connectivity index (χ1v) is 12.5. The van der Waals surface area contributed by atoms with E-state index in [0.29, 0.717) is 35.8 Å². The molecule has 0 saturated heterocycles. The molecule has 1 amide bonds. The number of benzene rings is 1. The fourth-order valence-electron chi connectivity index (χ4n) is 5.65. The molecule has 1 aromatic rings. The van der Waals surface area contributed by atoms with Crippen LogP contribution in [-0.2, 0) is 27.3 Å². The molecule has 3 aliphatic carbocycles. The number of ketones is 2. The van der Waals surface area contributed by atoms with E-state index in [9.17, 15) is 34.8 Å². The third-order valence-electron chi connectivity index (χ3n) is 7.43. The molecule has 0 radical (unpaired) electrons. The maximum Gasteiger partial charge on any atom is 0.255 e. The Labute approximate surface area is 219 Å². The predicted octanol–water partition coefficient (Wildman–Crippen LogP) is 2.09. The number of nitrogens with two attached hydrogens (primary N) is 1. The first-order valence-electron chi connectivity index (χ1n) is 12.1. The van der Waals surface area contributed by atoms with E-state index in [0.717, 1.165) is 0 Å². The van der Waals surface area contributed by atoms with Gasteiger partial charge in [0.05, 0.1) is 18.3 Å². The Balaban J connectivity index is 1.71. The zero-order valence-corrected chi connectivity index (χ0v) is 21.6. The van der Waals surface area contributed by atoms with Crippen LogP contribution in [0.4, 0.5) is 0 Å². The number of rotatable bonds is 7. The minimum Gasteiger partial charge on any atom is -0.511 e. The Kier molecular flexibility index (Phi) is 7.15. The molecule has 200 valence electrons. The van der Waals surface area contributed by atoms with Gasteiger partial charge < -0.3 is 30.9 Å². The van der Waals surface area contributed by atoms with Gasteiger partial charge in [0.1, 0.15) is 22.8 Å². The highest BCUT2D eigenvalue weighted by atomic mass is 35.5. The van der Waals surface area contributed by atoms with Gasteiger partial charge in [-0.25, -0.2) is 0 Å². The molecule has 1 aromatic carbocycles. The number of carbonyl (C=O) groups is 3. The number of fused-ring (bicyclic) bond motifs is 3. The number of halogens is 1. The van der Waals surface area contributed by atoms with Gasteiger partial charge in [-0.2, -0.15) is 0 Å². The average Bonchev–Trinajstić information content (AvgIpc) is 2.78. The molecule has 3 atom stereocenters. The summed E-state index contributed by atoms with van der Waals surface area (Å²) >= 11 is 6.72. The normalized spacial score (nSPS) is 25.5.